The fourth-order valence-corrected chi connectivity index (χ4v) is 2.90. The van der Waals surface area contributed by atoms with Gasteiger partial charge in [-0.25, -0.2) is 0 Å². The third kappa shape index (κ3) is 2.46. The Morgan fingerprint density at radius 3 is 1.52 bits per heavy atom. The molecule has 0 bridgehead atoms. The highest BCUT2D eigenvalue weighted by molar-refractivity contribution is 5.48. The highest BCUT2D eigenvalue weighted by Gasteiger charge is 2.37. The molecule has 0 saturated heterocycles. The van der Waals surface area contributed by atoms with E-state index in [0.717, 1.165) is 16.7 Å². The molecule has 0 aliphatic carbocycles. The van der Waals surface area contributed by atoms with E-state index in [0.29, 0.717) is 5.02 Å². The van der Waals surface area contributed by atoms with Crippen molar-refractivity contribution in [2.45, 2.75) is 5.60 Å². The minimum absolute atomic E-state index is 0.660. The van der Waals surface area contributed by atoms with Crippen LogP contribution in [0.25, 0.3) is 0 Å². The lowest BCUT2D eigenvalue weighted by molar-refractivity contribution is -0.291. The Morgan fingerprint density at radius 1 is 0.619 bits per heavy atom. The van der Waals surface area contributed by atoms with Crippen LogP contribution in [0.15, 0.2) is 84.9 Å². The second-order valence-electron chi connectivity index (χ2n) is 4.94. The van der Waals surface area contributed by atoms with Crippen molar-refractivity contribution in [1.29, 1.82) is 0 Å². The van der Waals surface area contributed by atoms with Crippen molar-refractivity contribution in [3.05, 3.63) is 107 Å². The van der Waals surface area contributed by atoms with E-state index in [-0.39, 0.29) is 0 Å². The van der Waals surface area contributed by atoms with Gasteiger partial charge in [0.2, 0.25) is 5.02 Å². The monoisotopic (exact) mass is 295 g/mol. The van der Waals surface area contributed by atoms with E-state index in [2.05, 4.69) is 0 Å². The Morgan fingerprint density at radius 2 is 1.05 bits per heavy atom. The smallest absolute Gasteiger partial charge is 0.232 e. The summed E-state index contributed by atoms with van der Waals surface area (Å²) in [5.41, 5.74) is 1.13. The van der Waals surface area contributed by atoms with Crippen molar-refractivity contribution in [2.75, 3.05) is 0 Å². The first-order valence-corrected chi connectivity index (χ1v) is 7.23. The van der Waals surface area contributed by atoms with Gasteiger partial charge < -0.3 is 5.11 Å². The zero-order chi connectivity index (χ0) is 14.7. The van der Waals surface area contributed by atoms with Crippen molar-refractivity contribution in [2.24, 2.45) is 0 Å². The zero-order valence-corrected chi connectivity index (χ0v) is 12.3. The van der Waals surface area contributed by atoms with Gasteiger partial charge in [-0.3, -0.25) is 0 Å². The quantitative estimate of drug-likeness (QED) is 0.731. The lowest BCUT2D eigenvalue weighted by Gasteiger charge is -2.29. The average Bonchev–Trinajstić information content (AvgIpc) is 2.56. The summed E-state index contributed by atoms with van der Waals surface area (Å²) in [5, 5.41) is 12.2. The maximum Gasteiger partial charge on any atom is 0.232 e. The molecule has 0 aliphatic heterocycles. The molecule has 0 radical (unpaired) electrons. The largest absolute Gasteiger partial charge is 0.376 e. The Bertz CT molecular complexity index is 683. The highest BCUT2D eigenvalue weighted by atomic mass is 35.5. The van der Waals surface area contributed by atoms with Gasteiger partial charge in [-0.15, -0.1) is 0 Å². The van der Waals surface area contributed by atoms with Gasteiger partial charge in [-0.2, -0.15) is 0 Å². The summed E-state index contributed by atoms with van der Waals surface area (Å²) in [7, 11) is 0. The molecule has 104 valence electrons. The second-order valence-corrected chi connectivity index (χ2v) is 5.38. The molecule has 0 fully saturated rings. The Kier molecular flexibility index (Phi) is 3.78. The Labute approximate surface area is 129 Å². The third-order valence-corrected chi connectivity index (χ3v) is 4.02. The summed E-state index contributed by atoms with van der Waals surface area (Å²) in [5.74, 6) is 0. The number of aliphatic hydroxyl groups is 1. The van der Waals surface area contributed by atoms with Crippen LogP contribution in [-0.4, -0.2) is 5.11 Å². The first kappa shape index (κ1) is 13.9. The number of benzene rings is 3. The molecular formula is C19H16ClO+. The standard InChI is InChI=1S/C19H16ClO/c20-18-14-8-7-13-17(18)19(21,15-9-3-1-4-10-15)16-11-5-2-6-12-16/h1-14,20-21H/q+1. The molecule has 3 aromatic carbocycles. The normalized spacial score (nSPS) is 11.3. The van der Waals surface area contributed by atoms with Crippen molar-refractivity contribution in [1.82, 2.24) is 0 Å². The summed E-state index contributed by atoms with van der Waals surface area (Å²) >= 11 is 5.44. The molecule has 2 heteroatoms. The lowest BCUT2D eigenvalue weighted by Crippen LogP contribution is -2.29. The lowest BCUT2D eigenvalue weighted by atomic mass is 9.80. The Hall–Kier alpha value is -2.09. The Balaban J connectivity index is 2.29. The van der Waals surface area contributed by atoms with Gasteiger partial charge in [0, 0.05) is 6.07 Å². The van der Waals surface area contributed by atoms with E-state index < -0.39 is 5.60 Å². The summed E-state index contributed by atoms with van der Waals surface area (Å²) in [6.07, 6.45) is 0. The number of halogens is 1. The van der Waals surface area contributed by atoms with Gasteiger partial charge in [-0.05, 0) is 17.2 Å². The van der Waals surface area contributed by atoms with Gasteiger partial charge in [-0.1, -0.05) is 72.8 Å². The zero-order valence-electron chi connectivity index (χ0n) is 11.4. The number of hydrogen-bond donors (Lipinski definition) is 1. The maximum atomic E-state index is 11.5. The van der Waals surface area contributed by atoms with Crippen molar-refractivity contribution in [3.8, 4) is 0 Å². The van der Waals surface area contributed by atoms with Gasteiger partial charge >= 0.3 is 0 Å². The van der Waals surface area contributed by atoms with Crippen LogP contribution in [-0.2, 0) is 5.60 Å². The number of hydrogen-bond acceptors (Lipinski definition) is 1. The van der Waals surface area contributed by atoms with Gasteiger partial charge in [0.25, 0.3) is 0 Å². The molecule has 0 atom stereocenters. The fourth-order valence-electron chi connectivity index (χ4n) is 2.60. The molecule has 1 N–H and O–H groups in total. The second kappa shape index (κ2) is 5.72. The first-order chi connectivity index (χ1) is 10.2. The number of rotatable bonds is 3. The van der Waals surface area contributed by atoms with Gasteiger partial charge in [0.1, 0.15) is 5.60 Å². The molecule has 21 heavy (non-hydrogen) atoms. The van der Waals surface area contributed by atoms with Crippen LogP contribution in [0.3, 0.4) is 0 Å². The molecule has 0 unspecified atom stereocenters. The van der Waals surface area contributed by atoms with Gasteiger partial charge in [0.05, 0.1) is 5.56 Å². The van der Waals surface area contributed by atoms with Crippen LogP contribution >= 0.6 is 0 Å². The van der Waals surface area contributed by atoms with Crippen molar-refractivity contribution in [3.63, 3.8) is 0 Å². The molecule has 0 heterocycles. The third-order valence-electron chi connectivity index (χ3n) is 3.66. The van der Waals surface area contributed by atoms with E-state index in [1.165, 1.54) is 0 Å². The van der Waals surface area contributed by atoms with Crippen LogP contribution in [0.5, 0.6) is 0 Å². The first-order valence-electron chi connectivity index (χ1n) is 6.83. The van der Waals surface area contributed by atoms with Gasteiger partial charge in [0.15, 0.2) is 11.6 Å². The van der Waals surface area contributed by atoms with Crippen LogP contribution in [0, 0.1) is 11.6 Å². The molecule has 0 aliphatic rings. The van der Waals surface area contributed by atoms with E-state index in [1.807, 2.05) is 84.9 Å². The summed E-state index contributed by atoms with van der Waals surface area (Å²) in [6, 6.07) is 26.8. The van der Waals surface area contributed by atoms with Crippen molar-refractivity contribution < 1.29 is 16.7 Å². The van der Waals surface area contributed by atoms with E-state index >= 15 is 0 Å². The van der Waals surface area contributed by atoms with Crippen LogP contribution in [0.4, 0.5) is 0 Å². The molecule has 1 nitrogen and oxygen atoms in total. The van der Waals surface area contributed by atoms with E-state index in [4.69, 9.17) is 11.6 Å². The predicted molar refractivity (Wildman–Crippen MR) is 82.0 cm³/mol. The predicted octanol–water partition coefficient (Wildman–Crippen LogP) is 3.67. The van der Waals surface area contributed by atoms with E-state index in [1.54, 1.807) is 0 Å². The van der Waals surface area contributed by atoms with E-state index in [9.17, 15) is 5.11 Å². The molecule has 0 saturated carbocycles. The van der Waals surface area contributed by atoms with Crippen LogP contribution in [0.1, 0.15) is 16.7 Å². The molecule has 0 spiro atoms. The SMILES string of the molecule is OC(c1ccccc1)(c1ccccc1)c1ccccc1[ClH+]. The van der Waals surface area contributed by atoms with Crippen LogP contribution in [0.2, 0.25) is 5.02 Å². The maximum absolute atomic E-state index is 11.5. The molecule has 3 rings (SSSR count). The minimum atomic E-state index is -1.24. The summed E-state index contributed by atoms with van der Waals surface area (Å²) in [6.45, 7) is 0. The molecule has 3 aromatic rings. The van der Waals surface area contributed by atoms with Crippen molar-refractivity contribution >= 4 is 0 Å². The minimum Gasteiger partial charge on any atom is -0.376 e. The molecular weight excluding hydrogens is 280 g/mol. The summed E-state index contributed by atoms with van der Waals surface area (Å²) in [4.78, 5) is 0. The van der Waals surface area contributed by atoms with Crippen LogP contribution < -0.4 is 0 Å². The highest BCUT2D eigenvalue weighted by Crippen LogP contribution is 2.38. The summed E-state index contributed by atoms with van der Waals surface area (Å²) < 4.78 is 0. The topological polar surface area (TPSA) is 20.2 Å². The fraction of sp³-hybridized carbons (Fsp3) is 0.0526. The molecule has 0 aromatic heterocycles. The molecule has 0 amide bonds. The average molecular weight is 296 g/mol.